The number of ether oxygens (including phenoxy) is 2. The number of amides is 1. The highest BCUT2D eigenvalue weighted by Gasteiger charge is 2.33. The van der Waals surface area contributed by atoms with Gasteiger partial charge in [0.2, 0.25) is 0 Å². The predicted molar refractivity (Wildman–Crippen MR) is 87.5 cm³/mol. The van der Waals surface area contributed by atoms with Gasteiger partial charge in [0, 0.05) is 16.4 Å². The van der Waals surface area contributed by atoms with Crippen LogP contribution in [-0.4, -0.2) is 29.4 Å². The van der Waals surface area contributed by atoms with Crippen LogP contribution in [-0.2, 0) is 14.3 Å². The molecule has 0 saturated carbocycles. The molecule has 1 aromatic rings. The second-order valence-electron chi connectivity index (χ2n) is 5.36. The molecule has 21 heavy (non-hydrogen) atoms. The first-order chi connectivity index (χ1) is 9.97. The first-order valence-electron chi connectivity index (χ1n) is 6.95. The molecule has 1 unspecified atom stereocenters. The molecule has 116 valence electrons. The average Bonchev–Trinajstić information content (AvgIpc) is 2.45. The highest BCUT2D eigenvalue weighted by Crippen LogP contribution is 2.20. The van der Waals surface area contributed by atoms with E-state index >= 15 is 0 Å². The lowest BCUT2D eigenvalue weighted by Crippen LogP contribution is -2.49. The smallest absolute Gasteiger partial charge is 0.270 e. The van der Waals surface area contributed by atoms with Crippen molar-refractivity contribution in [2.75, 3.05) is 12.0 Å². The summed E-state index contributed by atoms with van der Waals surface area (Å²) in [5.41, 5.74) is 4.44. The topological polar surface area (TPSA) is 72.5 Å². The molecular formula is C14H20IN3O3. The predicted octanol–water partition coefficient (Wildman–Crippen LogP) is 2.45. The summed E-state index contributed by atoms with van der Waals surface area (Å²) >= 11 is 2.18. The van der Waals surface area contributed by atoms with Crippen molar-refractivity contribution in [2.45, 2.75) is 45.0 Å². The van der Waals surface area contributed by atoms with E-state index in [1.807, 2.05) is 12.1 Å². The van der Waals surface area contributed by atoms with Crippen molar-refractivity contribution < 1.29 is 14.3 Å². The van der Waals surface area contributed by atoms with Crippen LogP contribution in [0.3, 0.4) is 0 Å². The van der Waals surface area contributed by atoms with E-state index in [1.54, 1.807) is 20.0 Å². The van der Waals surface area contributed by atoms with Crippen molar-refractivity contribution in [3.8, 4) is 0 Å². The van der Waals surface area contributed by atoms with Gasteiger partial charge >= 0.3 is 0 Å². The molecular weight excluding hydrogens is 385 g/mol. The Morgan fingerprint density at radius 1 is 1.52 bits per heavy atom. The summed E-state index contributed by atoms with van der Waals surface area (Å²) in [6.45, 7) is 4.14. The Morgan fingerprint density at radius 2 is 2.33 bits per heavy atom. The minimum absolute atomic E-state index is 0.266. The number of hydrogen-bond donors (Lipinski definition) is 2. The fourth-order valence-electron chi connectivity index (χ4n) is 1.93. The van der Waals surface area contributed by atoms with Gasteiger partial charge in [0.05, 0.1) is 0 Å². The Balaban J connectivity index is 1.85. The Labute approximate surface area is 138 Å². The van der Waals surface area contributed by atoms with Gasteiger partial charge in [-0.15, -0.1) is 0 Å². The summed E-state index contributed by atoms with van der Waals surface area (Å²) in [7, 11) is 0. The molecule has 6 nitrogen and oxygen atoms in total. The van der Waals surface area contributed by atoms with Gasteiger partial charge in [-0.25, -0.2) is 4.98 Å². The summed E-state index contributed by atoms with van der Waals surface area (Å²) in [6, 6.07) is 3.71. The molecule has 7 heteroatoms. The second-order valence-corrected chi connectivity index (χ2v) is 6.61. The zero-order valence-electron chi connectivity index (χ0n) is 12.2. The normalized spacial score (nSPS) is 19.1. The zero-order valence-corrected chi connectivity index (χ0v) is 14.3. The molecule has 1 aliphatic heterocycles. The molecule has 2 heterocycles. The van der Waals surface area contributed by atoms with E-state index in [4.69, 9.17) is 9.47 Å². The van der Waals surface area contributed by atoms with E-state index in [2.05, 4.69) is 38.4 Å². The number of carbonyl (C=O) groups excluding carboxylic acids is 1. The summed E-state index contributed by atoms with van der Waals surface area (Å²) in [4.78, 5) is 16.3. The van der Waals surface area contributed by atoms with E-state index < -0.39 is 5.60 Å². The van der Waals surface area contributed by atoms with Crippen molar-refractivity contribution in [1.29, 1.82) is 0 Å². The Kier molecular flexibility index (Phi) is 5.77. The Bertz CT molecular complexity index is 490. The maximum Gasteiger partial charge on any atom is 0.270 e. The van der Waals surface area contributed by atoms with Gasteiger partial charge in [-0.2, -0.15) is 0 Å². The van der Waals surface area contributed by atoms with Crippen LogP contribution in [0.4, 0.5) is 5.82 Å². The minimum atomic E-state index is -0.975. The Hall–Kier alpha value is -0.930. The highest BCUT2D eigenvalue weighted by atomic mass is 127. The molecule has 0 bridgehead atoms. The molecule has 1 atom stereocenters. The molecule has 1 aromatic heterocycles. The minimum Gasteiger partial charge on any atom is -0.353 e. The number of pyridine rings is 1. The molecule has 1 fully saturated rings. The molecule has 2 N–H and O–H groups in total. The lowest BCUT2D eigenvalue weighted by atomic mass is 10.1. The molecule has 0 radical (unpaired) electrons. The van der Waals surface area contributed by atoms with E-state index in [9.17, 15) is 4.79 Å². The van der Waals surface area contributed by atoms with Gasteiger partial charge in [0.25, 0.3) is 5.91 Å². The van der Waals surface area contributed by atoms with Crippen LogP contribution >= 0.6 is 22.6 Å². The summed E-state index contributed by atoms with van der Waals surface area (Å²) in [5, 5.41) is 0. The van der Waals surface area contributed by atoms with Crippen molar-refractivity contribution in [3.05, 3.63) is 21.9 Å². The van der Waals surface area contributed by atoms with Crippen molar-refractivity contribution >= 4 is 34.3 Å². The van der Waals surface area contributed by atoms with E-state index in [0.29, 0.717) is 12.4 Å². The van der Waals surface area contributed by atoms with Gasteiger partial charge in [-0.05, 0) is 67.8 Å². The largest absolute Gasteiger partial charge is 0.353 e. The molecule has 0 aliphatic carbocycles. The number of rotatable bonds is 5. The fourth-order valence-corrected chi connectivity index (χ4v) is 2.39. The summed E-state index contributed by atoms with van der Waals surface area (Å²) in [6.07, 6.45) is 4.30. The molecule has 1 aliphatic rings. The number of carbonyl (C=O) groups is 1. The van der Waals surface area contributed by atoms with Gasteiger partial charge in [-0.3, -0.25) is 15.6 Å². The maximum atomic E-state index is 12.2. The van der Waals surface area contributed by atoms with Crippen LogP contribution in [0.25, 0.3) is 0 Å². The van der Waals surface area contributed by atoms with Gasteiger partial charge in [-0.1, -0.05) is 0 Å². The zero-order chi connectivity index (χ0) is 15.3. The molecule has 0 spiro atoms. The lowest BCUT2D eigenvalue weighted by molar-refractivity contribution is -0.215. The SMILES string of the molecule is CC(C)(OC1CCCCO1)C(=O)NNc1cc(I)ccn1. The number of hydrazine groups is 1. The summed E-state index contributed by atoms with van der Waals surface area (Å²) in [5.74, 6) is 0.317. The first-order valence-corrected chi connectivity index (χ1v) is 8.03. The molecule has 1 amide bonds. The number of anilines is 1. The number of halogens is 1. The monoisotopic (exact) mass is 405 g/mol. The van der Waals surface area contributed by atoms with E-state index in [1.165, 1.54) is 0 Å². The Morgan fingerprint density at radius 3 is 3.00 bits per heavy atom. The van der Waals surface area contributed by atoms with E-state index in [0.717, 1.165) is 22.8 Å². The van der Waals surface area contributed by atoms with Crippen molar-refractivity contribution in [3.63, 3.8) is 0 Å². The number of hydrogen-bond acceptors (Lipinski definition) is 5. The van der Waals surface area contributed by atoms with Crippen LogP contribution < -0.4 is 10.9 Å². The average molecular weight is 405 g/mol. The summed E-state index contributed by atoms with van der Waals surface area (Å²) < 4.78 is 12.3. The number of nitrogens with zero attached hydrogens (tertiary/aromatic N) is 1. The maximum absolute atomic E-state index is 12.2. The van der Waals surface area contributed by atoms with Crippen molar-refractivity contribution in [2.24, 2.45) is 0 Å². The third kappa shape index (κ3) is 5.08. The molecule has 1 saturated heterocycles. The van der Waals surface area contributed by atoms with Crippen LogP contribution in [0.5, 0.6) is 0 Å². The van der Waals surface area contributed by atoms with Gasteiger partial charge in [0.15, 0.2) is 6.29 Å². The standard InChI is InChI=1S/C14H20IN3O3/c1-14(2,21-12-5-3-4-8-20-12)13(19)18-17-11-9-10(15)6-7-16-11/h6-7,9,12H,3-5,8H2,1-2H3,(H,16,17)(H,18,19). The lowest BCUT2D eigenvalue weighted by Gasteiger charge is -2.31. The number of nitrogens with one attached hydrogen (secondary N) is 2. The fraction of sp³-hybridized carbons (Fsp3) is 0.571. The van der Waals surface area contributed by atoms with Crippen molar-refractivity contribution in [1.82, 2.24) is 10.4 Å². The van der Waals surface area contributed by atoms with Gasteiger partial charge in [0.1, 0.15) is 11.4 Å². The number of aromatic nitrogens is 1. The third-order valence-corrected chi connectivity index (χ3v) is 3.81. The second kappa shape index (κ2) is 7.37. The molecule has 0 aromatic carbocycles. The van der Waals surface area contributed by atoms with Crippen LogP contribution in [0.1, 0.15) is 33.1 Å². The highest BCUT2D eigenvalue weighted by molar-refractivity contribution is 14.1. The van der Waals surface area contributed by atoms with E-state index in [-0.39, 0.29) is 12.2 Å². The van der Waals surface area contributed by atoms with Crippen LogP contribution in [0.2, 0.25) is 0 Å². The quantitative estimate of drug-likeness (QED) is 0.582. The first kappa shape index (κ1) is 16.4. The third-order valence-electron chi connectivity index (χ3n) is 3.14. The van der Waals surface area contributed by atoms with Crippen LogP contribution in [0.15, 0.2) is 18.3 Å². The van der Waals surface area contributed by atoms with Crippen LogP contribution in [0, 0.1) is 3.57 Å². The molecule has 2 rings (SSSR count). The van der Waals surface area contributed by atoms with Gasteiger partial charge < -0.3 is 9.47 Å².